The van der Waals surface area contributed by atoms with Gasteiger partial charge in [0.2, 0.25) is 0 Å². The van der Waals surface area contributed by atoms with Gasteiger partial charge in [-0.1, -0.05) is 18.9 Å². The molecule has 0 spiro atoms. The van der Waals surface area contributed by atoms with E-state index in [2.05, 4.69) is 6.58 Å². The molecule has 0 saturated heterocycles. The lowest BCUT2D eigenvalue weighted by Crippen LogP contribution is -2.02. The van der Waals surface area contributed by atoms with E-state index >= 15 is 0 Å². The number of hydrogen-bond acceptors (Lipinski definition) is 3. The van der Waals surface area contributed by atoms with Crippen molar-refractivity contribution in [3.05, 3.63) is 12.7 Å². The van der Waals surface area contributed by atoms with Crippen LogP contribution in [0.5, 0.6) is 0 Å². The van der Waals surface area contributed by atoms with Crippen molar-refractivity contribution < 1.29 is 14.6 Å². The predicted molar refractivity (Wildman–Crippen MR) is 52.5 cm³/mol. The van der Waals surface area contributed by atoms with Gasteiger partial charge in [-0.3, -0.25) is 0 Å². The van der Waals surface area contributed by atoms with Gasteiger partial charge in [-0.2, -0.15) is 0 Å². The maximum absolute atomic E-state index is 9.13. The summed E-state index contributed by atoms with van der Waals surface area (Å²) in [6.45, 7) is 4.61. The number of hydrogen-bond donors (Lipinski definition) is 1. The van der Waals surface area contributed by atoms with E-state index in [0.717, 1.165) is 32.3 Å². The second kappa shape index (κ2) is 9.71. The highest BCUT2D eigenvalue weighted by molar-refractivity contribution is 4.77. The smallest absolute Gasteiger partial charge is 0.146 e. The molecule has 0 fully saturated rings. The molecule has 1 atom stereocenters. The van der Waals surface area contributed by atoms with E-state index in [0.29, 0.717) is 6.79 Å². The molecule has 3 heteroatoms. The third-order valence-corrected chi connectivity index (χ3v) is 1.76. The van der Waals surface area contributed by atoms with Crippen LogP contribution in [0.25, 0.3) is 0 Å². The molecule has 0 aliphatic heterocycles. The van der Waals surface area contributed by atoms with E-state index in [4.69, 9.17) is 14.6 Å². The summed E-state index contributed by atoms with van der Waals surface area (Å²) >= 11 is 0. The summed E-state index contributed by atoms with van der Waals surface area (Å²) in [6, 6.07) is 0. The van der Waals surface area contributed by atoms with Gasteiger partial charge in [0.05, 0.1) is 6.10 Å². The minimum Gasteiger partial charge on any atom is -0.389 e. The normalized spacial score (nSPS) is 12.8. The van der Waals surface area contributed by atoms with E-state index in [-0.39, 0.29) is 6.10 Å². The second-order valence-electron chi connectivity index (χ2n) is 2.97. The lowest BCUT2D eigenvalue weighted by molar-refractivity contribution is -0.0316. The van der Waals surface area contributed by atoms with Crippen LogP contribution in [-0.2, 0) is 9.47 Å². The SMILES string of the molecule is C=C[C@H](O)CCCCCOCOC. The lowest BCUT2D eigenvalue weighted by atomic mass is 10.1. The molecule has 0 unspecified atom stereocenters. The molecule has 0 aromatic rings. The van der Waals surface area contributed by atoms with Gasteiger partial charge in [0.1, 0.15) is 6.79 Å². The molecule has 0 aliphatic rings. The Balaban J connectivity index is 2.95. The average molecular weight is 188 g/mol. The molecule has 78 valence electrons. The zero-order chi connectivity index (χ0) is 9.94. The van der Waals surface area contributed by atoms with Crippen molar-refractivity contribution in [1.29, 1.82) is 0 Å². The summed E-state index contributed by atoms with van der Waals surface area (Å²) in [5, 5.41) is 9.13. The number of rotatable bonds is 9. The fourth-order valence-electron chi connectivity index (χ4n) is 0.994. The Morgan fingerprint density at radius 2 is 2.15 bits per heavy atom. The summed E-state index contributed by atoms with van der Waals surface area (Å²) in [5.74, 6) is 0. The quantitative estimate of drug-likeness (QED) is 0.340. The standard InChI is InChI=1S/C10H20O3/c1-3-10(11)7-5-4-6-8-13-9-12-2/h3,10-11H,1,4-9H2,2H3/t10-/m0/s1. The Kier molecular flexibility index (Phi) is 9.42. The molecular formula is C10H20O3. The van der Waals surface area contributed by atoms with Crippen LogP contribution in [0.4, 0.5) is 0 Å². The molecule has 0 aliphatic carbocycles. The molecule has 0 amide bonds. The molecule has 0 aromatic carbocycles. The Morgan fingerprint density at radius 3 is 2.77 bits per heavy atom. The highest BCUT2D eigenvalue weighted by Crippen LogP contribution is 2.04. The van der Waals surface area contributed by atoms with Crippen molar-refractivity contribution in [2.75, 3.05) is 20.5 Å². The summed E-state index contributed by atoms with van der Waals surface area (Å²) < 4.78 is 9.84. The first-order chi connectivity index (χ1) is 6.31. The Morgan fingerprint density at radius 1 is 1.38 bits per heavy atom. The monoisotopic (exact) mass is 188 g/mol. The van der Waals surface area contributed by atoms with Crippen molar-refractivity contribution in [2.24, 2.45) is 0 Å². The minimum atomic E-state index is -0.347. The molecule has 3 nitrogen and oxygen atoms in total. The first kappa shape index (κ1) is 12.6. The third kappa shape index (κ3) is 9.53. The Hall–Kier alpha value is -0.380. The van der Waals surface area contributed by atoms with Crippen LogP contribution < -0.4 is 0 Å². The third-order valence-electron chi connectivity index (χ3n) is 1.76. The van der Waals surface area contributed by atoms with E-state index in [9.17, 15) is 0 Å². The maximum Gasteiger partial charge on any atom is 0.146 e. The molecule has 0 radical (unpaired) electrons. The van der Waals surface area contributed by atoms with Gasteiger partial charge < -0.3 is 14.6 Å². The average Bonchev–Trinajstić information content (AvgIpc) is 2.16. The number of unbranched alkanes of at least 4 members (excludes halogenated alkanes) is 2. The van der Waals surface area contributed by atoms with Crippen LogP contribution in [0.1, 0.15) is 25.7 Å². The predicted octanol–water partition coefficient (Wildman–Crippen LogP) is 1.71. The van der Waals surface area contributed by atoms with Gasteiger partial charge in [-0.05, 0) is 12.8 Å². The number of methoxy groups -OCH3 is 1. The van der Waals surface area contributed by atoms with E-state index in [1.165, 1.54) is 0 Å². The highest BCUT2D eigenvalue weighted by atomic mass is 16.7. The number of ether oxygens (including phenoxy) is 2. The Bertz CT molecular complexity index is 115. The maximum atomic E-state index is 9.13. The Labute approximate surface area is 80.4 Å². The van der Waals surface area contributed by atoms with Crippen LogP contribution in [-0.4, -0.2) is 31.7 Å². The van der Waals surface area contributed by atoms with Gasteiger partial charge in [0, 0.05) is 13.7 Å². The molecular weight excluding hydrogens is 168 g/mol. The minimum absolute atomic E-state index is 0.347. The van der Waals surface area contributed by atoms with Crippen molar-refractivity contribution in [3.63, 3.8) is 0 Å². The van der Waals surface area contributed by atoms with Crippen molar-refractivity contribution in [2.45, 2.75) is 31.8 Å². The topological polar surface area (TPSA) is 38.7 Å². The second-order valence-corrected chi connectivity index (χ2v) is 2.97. The van der Waals surface area contributed by atoms with Crippen LogP contribution in [0, 0.1) is 0 Å². The molecule has 0 aromatic heterocycles. The first-order valence-corrected chi connectivity index (χ1v) is 4.68. The fraction of sp³-hybridized carbons (Fsp3) is 0.800. The molecule has 0 saturated carbocycles. The molecule has 1 N–H and O–H groups in total. The van der Waals surface area contributed by atoms with Gasteiger partial charge in [0.15, 0.2) is 0 Å². The highest BCUT2D eigenvalue weighted by Gasteiger charge is 1.96. The van der Waals surface area contributed by atoms with Crippen molar-refractivity contribution in [3.8, 4) is 0 Å². The fourth-order valence-corrected chi connectivity index (χ4v) is 0.994. The summed E-state index contributed by atoms with van der Waals surface area (Å²) in [6.07, 6.45) is 5.14. The van der Waals surface area contributed by atoms with Gasteiger partial charge in [-0.15, -0.1) is 6.58 Å². The summed E-state index contributed by atoms with van der Waals surface area (Å²) in [4.78, 5) is 0. The van der Waals surface area contributed by atoms with E-state index in [1.54, 1.807) is 13.2 Å². The van der Waals surface area contributed by atoms with Crippen LogP contribution in [0.2, 0.25) is 0 Å². The largest absolute Gasteiger partial charge is 0.389 e. The van der Waals surface area contributed by atoms with E-state index < -0.39 is 0 Å². The van der Waals surface area contributed by atoms with Crippen LogP contribution in [0.15, 0.2) is 12.7 Å². The van der Waals surface area contributed by atoms with Crippen molar-refractivity contribution in [1.82, 2.24) is 0 Å². The first-order valence-electron chi connectivity index (χ1n) is 4.68. The van der Waals surface area contributed by atoms with Gasteiger partial charge >= 0.3 is 0 Å². The molecule has 0 rings (SSSR count). The summed E-state index contributed by atoms with van der Waals surface area (Å²) in [7, 11) is 1.61. The van der Waals surface area contributed by atoms with Crippen molar-refractivity contribution >= 4 is 0 Å². The zero-order valence-corrected chi connectivity index (χ0v) is 8.37. The van der Waals surface area contributed by atoms with Crippen LogP contribution in [0.3, 0.4) is 0 Å². The summed E-state index contributed by atoms with van der Waals surface area (Å²) in [5.41, 5.74) is 0. The van der Waals surface area contributed by atoms with Gasteiger partial charge in [0.25, 0.3) is 0 Å². The number of aliphatic hydroxyl groups excluding tert-OH is 1. The van der Waals surface area contributed by atoms with Crippen LogP contribution >= 0.6 is 0 Å². The van der Waals surface area contributed by atoms with Gasteiger partial charge in [-0.25, -0.2) is 0 Å². The van der Waals surface area contributed by atoms with E-state index in [1.807, 2.05) is 0 Å². The zero-order valence-electron chi connectivity index (χ0n) is 8.37. The lowest BCUT2D eigenvalue weighted by Gasteiger charge is -2.05. The molecule has 13 heavy (non-hydrogen) atoms. The molecule has 0 bridgehead atoms. The number of aliphatic hydroxyl groups is 1. The molecule has 0 heterocycles.